The van der Waals surface area contributed by atoms with Crippen molar-refractivity contribution in [2.24, 2.45) is 10.7 Å². The fraction of sp³-hybridized carbons (Fsp3) is 0.333. The van der Waals surface area contributed by atoms with Crippen molar-refractivity contribution >= 4 is 35.8 Å². The zero-order valence-electron chi connectivity index (χ0n) is 12.7. The van der Waals surface area contributed by atoms with Crippen LogP contribution in [0.3, 0.4) is 0 Å². The van der Waals surface area contributed by atoms with E-state index in [1.165, 1.54) is 0 Å². The minimum atomic E-state index is -0.0114. The first-order valence-electron chi connectivity index (χ1n) is 6.39. The Morgan fingerprint density at radius 2 is 1.90 bits per heavy atom. The summed E-state index contributed by atoms with van der Waals surface area (Å²) in [7, 11) is 3.46. The molecule has 3 N–H and O–H groups in total. The Balaban J connectivity index is 0.00000400. The van der Waals surface area contributed by atoms with Crippen LogP contribution in [-0.2, 0) is 6.54 Å². The summed E-state index contributed by atoms with van der Waals surface area (Å²) in [5.74, 6) is 0.379. The van der Waals surface area contributed by atoms with E-state index in [4.69, 9.17) is 5.73 Å². The van der Waals surface area contributed by atoms with E-state index >= 15 is 0 Å². The van der Waals surface area contributed by atoms with Crippen molar-refractivity contribution in [1.29, 1.82) is 0 Å². The molecule has 0 saturated carbocycles. The highest BCUT2D eigenvalue weighted by Crippen LogP contribution is 2.07. The number of amides is 1. The predicted octanol–water partition coefficient (Wildman–Crippen LogP) is 1.99. The molecule has 6 heteroatoms. The predicted molar refractivity (Wildman–Crippen MR) is 98.0 cm³/mol. The van der Waals surface area contributed by atoms with Crippen LogP contribution in [0.25, 0.3) is 0 Å². The number of hydrogen-bond donors (Lipinski definition) is 2. The fourth-order valence-corrected chi connectivity index (χ4v) is 1.48. The number of rotatable bonds is 5. The average molecular weight is 402 g/mol. The van der Waals surface area contributed by atoms with E-state index in [0.717, 1.165) is 11.1 Å². The van der Waals surface area contributed by atoms with Crippen LogP contribution >= 0.6 is 24.0 Å². The van der Waals surface area contributed by atoms with E-state index in [1.807, 2.05) is 19.1 Å². The van der Waals surface area contributed by atoms with E-state index < -0.39 is 0 Å². The zero-order valence-corrected chi connectivity index (χ0v) is 15.0. The second-order valence-electron chi connectivity index (χ2n) is 4.91. The molecule has 0 radical (unpaired) electrons. The molecule has 0 unspecified atom stereocenters. The van der Waals surface area contributed by atoms with Crippen molar-refractivity contribution in [2.45, 2.75) is 13.5 Å². The highest BCUT2D eigenvalue weighted by molar-refractivity contribution is 14.0. The van der Waals surface area contributed by atoms with Gasteiger partial charge in [-0.2, -0.15) is 0 Å². The monoisotopic (exact) mass is 402 g/mol. The maximum Gasteiger partial charge on any atom is 0.253 e. The third-order valence-corrected chi connectivity index (χ3v) is 2.61. The van der Waals surface area contributed by atoms with Gasteiger partial charge in [0.25, 0.3) is 5.91 Å². The molecule has 21 heavy (non-hydrogen) atoms. The van der Waals surface area contributed by atoms with E-state index in [9.17, 15) is 4.79 Å². The molecule has 0 aliphatic rings. The SMILES string of the molecule is C=C(C)CNC(N)=NCc1ccc(C(=O)N(C)C)cc1.I. The van der Waals surface area contributed by atoms with Crippen LogP contribution in [0, 0.1) is 0 Å². The van der Waals surface area contributed by atoms with Gasteiger partial charge in [-0.3, -0.25) is 4.79 Å². The second-order valence-corrected chi connectivity index (χ2v) is 4.91. The Morgan fingerprint density at radius 1 is 1.33 bits per heavy atom. The minimum absolute atomic E-state index is 0. The van der Waals surface area contributed by atoms with Gasteiger partial charge in [-0.25, -0.2) is 4.99 Å². The topological polar surface area (TPSA) is 70.7 Å². The van der Waals surface area contributed by atoms with Crippen LogP contribution in [0.4, 0.5) is 0 Å². The molecule has 0 heterocycles. The van der Waals surface area contributed by atoms with Crippen molar-refractivity contribution in [1.82, 2.24) is 10.2 Å². The molecule has 1 amide bonds. The molecule has 116 valence electrons. The van der Waals surface area contributed by atoms with E-state index in [0.29, 0.717) is 24.6 Å². The lowest BCUT2D eigenvalue weighted by molar-refractivity contribution is 0.0827. The molecule has 0 atom stereocenters. The van der Waals surface area contributed by atoms with Gasteiger partial charge in [0, 0.05) is 26.2 Å². The first kappa shape index (κ1) is 19.4. The highest BCUT2D eigenvalue weighted by atomic mass is 127. The Hall–Kier alpha value is -1.57. The van der Waals surface area contributed by atoms with Crippen molar-refractivity contribution < 1.29 is 4.79 Å². The number of guanidine groups is 1. The van der Waals surface area contributed by atoms with Gasteiger partial charge in [-0.1, -0.05) is 24.3 Å². The van der Waals surface area contributed by atoms with Gasteiger partial charge >= 0.3 is 0 Å². The van der Waals surface area contributed by atoms with Gasteiger partial charge in [0.1, 0.15) is 0 Å². The van der Waals surface area contributed by atoms with Crippen LogP contribution < -0.4 is 11.1 Å². The lowest BCUT2D eigenvalue weighted by Crippen LogP contribution is -2.32. The standard InChI is InChI=1S/C15H22N4O.HI/c1-11(2)9-17-15(16)18-10-12-5-7-13(8-6-12)14(20)19(3)4;/h5-8H,1,9-10H2,2-4H3,(H3,16,17,18);1H. The highest BCUT2D eigenvalue weighted by Gasteiger charge is 2.06. The smallest absolute Gasteiger partial charge is 0.253 e. The number of nitrogens with two attached hydrogens (primary N) is 1. The van der Waals surface area contributed by atoms with Crippen molar-refractivity contribution in [3.8, 4) is 0 Å². The minimum Gasteiger partial charge on any atom is -0.370 e. The molecule has 5 nitrogen and oxygen atoms in total. The largest absolute Gasteiger partial charge is 0.370 e. The van der Waals surface area contributed by atoms with E-state index in [2.05, 4.69) is 16.9 Å². The van der Waals surface area contributed by atoms with Gasteiger partial charge < -0.3 is 16.0 Å². The lowest BCUT2D eigenvalue weighted by Gasteiger charge is -2.10. The van der Waals surface area contributed by atoms with Gasteiger partial charge in [-0.15, -0.1) is 24.0 Å². The summed E-state index contributed by atoms with van der Waals surface area (Å²) in [5, 5.41) is 2.96. The fourth-order valence-electron chi connectivity index (χ4n) is 1.48. The van der Waals surface area contributed by atoms with Crippen molar-refractivity contribution in [3.63, 3.8) is 0 Å². The number of benzene rings is 1. The average Bonchev–Trinajstić information content (AvgIpc) is 2.42. The van der Waals surface area contributed by atoms with Crippen molar-refractivity contribution in [2.75, 3.05) is 20.6 Å². The first-order chi connectivity index (χ1) is 9.40. The molecule has 1 aromatic rings. The summed E-state index contributed by atoms with van der Waals surface area (Å²) in [6, 6.07) is 7.36. The quantitative estimate of drug-likeness (QED) is 0.343. The molecule has 0 aliphatic heterocycles. The van der Waals surface area contributed by atoms with Crippen LogP contribution in [0.2, 0.25) is 0 Å². The number of nitrogens with zero attached hydrogens (tertiary/aromatic N) is 2. The molecule has 1 aromatic carbocycles. The molecule has 0 aromatic heterocycles. The van der Waals surface area contributed by atoms with Crippen LogP contribution in [0.1, 0.15) is 22.8 Å². The third-order valence-electron chi connectivity index (χ3n) is 2.61. The Labute approximate surface area is 143 Å². The van der Waals surface area contributed by atoms with Gasteiger partial charge in [0.05, 0.1) is 6.54 Å². The molecular weight excluding hydrogens is 379 g/mol. The summed E-state index contributed by atoms with van der Waals surface area (Å²) in [6.07, 6.45) is 0. The molecule has 0 aliphatic carbocycles. The molecular formula is C15H23IN4O. The maximum atomic E-state index is 11.7. The summed E-state index contributed by atoms with van der Waals surface area (Å²) < 4.78 is 0. The van der Waals surface area contributed by atoms with Crippen LogP contribution in [0.15, 0.2) is 41.4 Å². The lowest BCUT2D eigenvalue weighted by atomic mass is 10.1. The number of aliphatic imine (C=N–C) groups is 1. The molecule has 0 bridgehead atoms. The molecule has 0 spiro atoms. The Bertz CT molecular complexity index is 509. The second kappa shape index (κ2) is 9.38. The van der Waals surface area contributed by atoms with E-state index in [1.54, 1.807) is 31.1 Å². The number of halogens is 1. The zero-order chi connectivity index (χ0) is 15.1. The first-order valence-corrected chi connectivity index (χ1v) is 6.39. The molecule has 1 rings (SSSR count). The summed E-state index contributed by atoms with van der Waals surface area (Å²) in [6.45, 7) is 6.79. The van der Waals surface area contributed by atoms with E-state index in [-0.39, 0.29) is 29.9 Å². The molecule has 0 saturated heterocycles. The number of carbonyl (C=O) groups excluding carboxylic acids is 1. The summed E-state index contributed by atoms with van der Waals surface area (Å²) in [4.78, 5) is 17.5. The Kier molecular flexibility index (Phi) is 8.68. The van der Waals surface area contributed by atoms with Crippen LogP contribution in [0.5, 0.6) is 0 Å². The number of carbonyl (C=O) groups is 1. The molecule has 0 fully saturated rings. The van der Waals surface area contributed by atoms with Crippen molar-refractivity contribution in [3.05, 3.63) is 47.5 Å². The van der Waals surface area contributed by atoms with Gasteiger partial charge in [-0.05, 0) is 24.6 Å². The van der Waals surface area contributed by atoms with Gasteiger partial charge in [0.15, 0.2) is 5.96 Å². The van der Waals surface area contributed by atoms with Gasteiger partial charge in [0.2, 0.25) is 0 Å². The Morgan fingerprint density at radius 3 is 2.38 bits per heavy atom. The summed E-state index contributed by atoms with van der Waals surface area (Å²) in [5.41, 5.74) is 8.38. The normalized spacial score (nSPS) is 10.5. The third kappa shape index (κ3) is 7.12. The number of nitrogens with one attached hydrogen (secondary N) is 1. The van der Waals surface area contributed by atoms with Crippen LogP contribution in [-0.4, -0.2) is 37.4 Å². The summed E-state index contributed by atoms with van der Waals surface area (Å²) >= 11 is 0. The number of hydrogen-bond acceptors (Lipinski definition) is 2. The maximum absolute atomic E-state index is 11.7.